The Balaban J connectivity index is 1.26. The molecule has 0 fully saturated rings. The molecule has 0 unspecified atom stereocenters. The second-order valence-electron chi connectivity index (χ2n) is 6.58. The topological polar surface area (TPSA) is 92.9 Å². The van der Waals surface area contributed by atoms with Crippen LogP contribution in [0.3, 0.4) is 0 Å². The quantitative estimate of drug-likeness (QED) is 0.350. The minimum Gasteiger partial charge on any atom is -0.436 e. The van der Waals surface area contributed by atoms with E-state index >= 15 is 0 Å². The molecule has 0 aliphatic carbocycles. The van der Waals surface area contributed by atoms with E-state index in [9.17, 15) is 4.79 Å². The van der Waals surface area contributed by atoms with Gasteiger partial charge >= 0.3 is 0 Å². The molecular weight excluding hydrogens is 454 g/mol. The van der Waals surface area contributed by atoms with E-state index in [4.69, 9.17) is 28.2 Å². The highest BCUT2D eigenvalue weighted by Crippen LogP contribution is 2.27. The van der Waals surface area contributed by atoms with E-state index in [0.717, 1.165) is 22.8 Å². The van der Waals surface area contributed by atoms with Crippen LogP contribution in [0.15, 0.2) is 65.1 Å². The van der Waals surface area contributed by atoms with Gasteiger partial charge in [-0.1, -0.05) is 11.6 Å². The number of benzene rings is 3. The van der Waals surface area contributed by atoms with Gasteiger partial charge in [-0.05, 0) is 72.9 Å². The van der Waals surface area contributed by atoms with Gasteiger partial charge in [0.15, 0.2) is 10.7 Å². The predicted octanol–water partition coefficient (Wildman–Crippen LogP) is 5.28. The molecule has 3 aromatic carbocycles. The molecule has 0 atom stereocenters. The van der Waals surface area contributed by atoms with E-state index in [2.05, 4.69) is 24.4 Å². The smallest absolute Gasteiger partial charge is 0.257 e. The second kappa shape index (κ2) is 8.03. The number of hydrogen-bond acceptors (Lipinski definition) is 7. The first-order valence-corrected chi connectivity index (χ1v) is 10.6. The zero-order chi connectivity index (χ0) is 21.4. The number of amides is 1. The fraction of sp³-hybridized carbons (Fsp3) is 0. The normalized spacial score (nSPS) is 11.0. The van der Waals surface area contributed by atoms with Crippen LogP contribution < -0.4 is 10.6 Å². The summed E-state index contributed by atoms with van der Waals surface area (Å²) in [6, 6.07) is 17.8. The first-order chi connectivity index (χ1) is 15.0. The maximum absolute atomic E-state index is 12.4. The monoisotopic (exact) mass is 465 g/mol. The molecule has 0 radical (unpaired) electrons. The Kier molecular flexibility index (Phi) is 5.06. The molecule has 0 aliphatic heterocycles. The van der Waals surface area contributed by atoms with E-state index in [0.29, 0.717) is 38.8 Å². The largest absolute Gasteiger partial charge is 0.436 e. The van der Waals surface area contributed by atoms with Crippen molar-refractivity contribution >= 4 is 74.4 Å². The lowest BCUT2D eigenvalue weighted by Gasteiger charge is -2.10. The average molecular weight is 466 g/mol. The molecule has 10 heteroatoms. The number of halogens is 1. The van der Waals surface area contributed by atoms with Gasteiger partial charge in [0.25, 0.3) is 5.91 Å². The number of carbonyl (C=O) groups is 1. The third-order valence-electron chi connectivity index (χ3n) is 4.48. The molecule has 1 amide bonds. The summed E-state index contributed by atoms with van der Waals surface area (Å²) in [5, 5.41) is 6.45. The lowest BCUT2D eigenvalue weighted by molar-refractivity contribution is 0.0978. The fourth-order valence-electron chi connectivity index (χ4n) is 2.98. The van der Waals surface area contributed by atoms with Crippen LogP contribution >= 0.6 is 35.5 Å². The van der Waals surface area contributed by atoms with Crippen LogP contribution in [0.4, 0.5) is 5.69 Å². The van der Waals surface area contributed by atoms with Gasteiger partial charge in [-0.3, -0.25) is 10.1 Å². The molecule has 5 aromatic rings. The number of rotatable bonds is 3. The number of fused-ring (bicyclic) bond motifs is 2. The summed E-state index contributed by atoms with van der Waals surface area (Å²) >= 11 is 12.4. The van der Waals surface area contributed by atoms with Crippen LogP contribution in [0.5, 0.6) is 0 Å². The minimum atomic E-state index is -0.325. The van der Waals surface area contributed by atoms with Crippen molar-refractivity contribution in [2.75, 3.05) is 5.32 Å². The molecule has 7 nitrogen and oxygen atoms in total. The Labute approximate surface area is 190 Å². The Morgan fingerprint density at radius 1 is 0.968 bits per heavy atom. The fourth-order valence-corrected chi connectivity index (χ4v) is 3.88. The van der Waals surface area contributed by atoms with Crippen molar-refractivity contribution in [3.8, 4) is 11.5 Å². The first kappa shape index (κ1) is 19.6. The molecule has 2 aromatic heterocycles. The Morgan fingerprint density at radius 2 is 1.77 bits per heavy atom. The van der Waals surface area contributed by atoms with Crippen molar-refractivity contribution in [3.63, 3.8) is 0 Å². The molecule has 2 N–H and O–H groups in total. The second-order valence-corrected chi connectivity index (χ2v) is 7.96. The van der Waals surface area contributed by atoms with Crippen LogP contribution in [-0.2, 0) is 0 Å². The van der Waals surface area contributed by atoms with Gasteiger partial charge in [0.2, 0.25) is 5.89 Å². The van der Waals surface area contributed by atoms with Gasteiger partial charge in [0.1, 0.15) is 16.6 Å². The van der Waals surface area contributed by atoms with Gasteiger partial charge in [-0.15, -0.1) is 0 Å². The average Bonchev–Trinajstić information content (AvgIpc) is 3.40. The zero-order valence-corrected chi connectivity index (χ0v) is 18.0. The maximum Gasteiger partial charge on any atom is 0.257 e. The van der Waals surface area contributed by atoms with E-state index in [1.807, 2.05) is 24.3 Å². The Morgan fingerprint density at radius 3 is 2.61 bits per heavy atom. The number of nitrogens with one attached hydrogen (secondary N) is 2. The minimum absolute atomic E-state index is 0.186. The van der Waals surface area contributed by atoms with Gasteiger partial charge in [0.05, 0.1) is 11.7 Å². The number of aromatic nitrogens is 3. The molecule has 0 saturated carbocycles. The molecular formula is C21H12ClN5O2S2. The number of nitrogens with zero attached hydrogens (tertiary/aromatic N) is 3. The molecule has 0 bridgehead atoms. The van der Waals surface area contributed by atoms with Crippen molar-refractivity contribution in [1.29, 1.82) is 0 Å². The summed E-state index contributed by atoms with van der Waals surface area (Å²) < 4.78 is 14.0. The van der Waals surface area contributed by atoms with Crippen LogP contribution in [-0.4, -0.2) is 24.8 Å². The highest BCUT2D eigenvalue weighted by atomic mass is 35.5. The van der Waals surface area contributed by atoms with E-state index in [1.54, 1.807) is 36.4 Å². The van der Waals surface area contributed by atoms with E-state index in [-0.39, 0.29) is 11.0 Å². The first-order valence-electron chi connectivity index (χ1n) is 9.06. The molecule has 0 saturated heterocycles. The molecule has 0 aliphatic rings. The summed E-state index contributed by atoms with van der Waals surface area (Å²) in [7, 11) is 0. The zero-order valence-electron chi connectivity index (χ0n) is 15.6. The lowest BCUT2D eigenvalue weighted by Crippen LogP contribution is -2.34. The number of hydrogen-bond donors (Lipinski definition) is 2. The summed E-state index contributed by atoms with van der Waals surface area (Å²) in [6.45, 7) is 0. The van der Waals surface area contributed by atoms with Gasteiger partial charge in [-0.2, -0.15) is 8.75 Å². The molecule has 31 heavy (non-hydrogen) atoms. The highest BCUT2D eigenvalue weighted by Gasteiger charge is 2.11. The Bertz CT molecular complexity index is 1450. The van der Waals surface area contributed by atoms with Crippen LogP contribution in [0.1, 0.15) is 10.4 Å². The number of thiocarbonyl (C=S) groups is 1. The Hall–Kier alpha value is -3.40. The van der Waals surface area contributed by atoms with Crippen molar-refractivity contribution in [2.24, 2.45) is 0 Å². The van der Waals surface area contributed by atoms with Gasteiger partial charge in [-0.25, -0.2) is 4.98 Å². The summed E-state index contributed by atoms with van der Waals surface area (Å²) in [6.07, 6.45) is 0. The summed E-state index contributed by atoms with van der Waals surface area (Å²) in [4.78, 5) is 16.9. The number of oxazole rings is 1. The van der Waals surface area contributed by atoms with Crippen molar-refractivity contribution < 1.29 is 9.21 Å². The highest BCUT2D eigenvalue weighted by molar-refractivity contribution is 7.80. The van der Waals surface area contributed by atoms with Crippen LogP contribution in [0, 0.1) is 0 Å². The summed E-state index contributed by atoms with van der Waals surface area (Å²) in [5.41, 5.74) is 4.76. The molecule has 0 spiro atoms. The van der Waals surface area contributed by atoms with E-state index < -0.39 is 0 Å². The third-order valence-corrected chi connectivity index (χ3v) is 5.48. The van der Waals surface area contributed by atoms with Gasteiger partial charge in [0, 0.05) is 21.8 Å². The number of anilines is 1. The molecule has 2 heterocycles. The number of carbonyl (C=O) groups excluding carboxylic acids is 1. The van der Waals surface area contributed by atoms with Crippen molar-refractivity contribution in [1.82, 2.24) is 19.0 Å². The lowest BCUT2D eigenvalue weighted by atomic mass is 10.2. The van der Waals surface area contributed by atoms with Crippen LogP contribution in [0.25, 0.3) is 33.6 Å². The molecule has 152 valence electrons. The molecule has 5 rings (SSSR count). The van der Waals surface area contributed by atoms with E-state index in [1.165, 1.54) is 0 Å². The third kappa shape index (κ3) is 4.11. The van der Waals surface area contributed by atoms with Crippen molar-refractivity contribution in [3.05, 3.63) is 71.2 Å². The van der Waals surface area contributed by atoms with Gasteiger partial charge < -0.3 is 9.73 Å². The predicted molar refractivity (Wildman–Crippen MR) is 126 cm³/mol. The SMILES string of the molecule is O=C(NC(=S)Nc1ccc(-c2nc3cc(Cl)ccc3o2)cc1)c1ccc2nsnc2c1. The van der Waals surface area contributed by atoms with Crippen molar-refractivity contribution in [2.45, 2.75) is 0 Å². The summed E-state index contributed by atoms with van der Waals surface area (Å²) in [5.74, 6) is 0.167. The standard InChI is InChI=1S/C21H12ClN5O2S2/c22-13-4-8-18-17(10-13)24-20(29-18)11-1-5-14(6-2-11)23-21(30)25-19(28)12-3-7-15-16(9-12)27-31-26-15/h1-10H,(H2,23,25,28,30). The maximum atomic E-state index is 12.4. The van der Waals surface area contributed by atoms with Crippen LogP contribution in [0.2, 0.25) is 5.02 Å².